The largest absolute Gasteiger partial charge is 0.472 e. The number of allylic oxidation sites excluding steroid dienone is 6. The summed E-state index contributed by atoms with van der Waals surface area (Å²) < 4.78 is 33.7. The molecule has 0 aromatic rings. The second kappa shape index (κ2) is 44.7. The van der Waals surface area contributed by atoms with Crippen molar-refractivity contribution in [2.24, 2.45) is 0 Å². The molecule has 6 N–H and O–H groups in total. The Morgan fingerprint density at radius 3 is 1.26 bits per heavy atom. The van der Waals surface area contributed by atoms with Crippen molar-refractivity contribution < 1.29 is 63.1 Å². The van der Waals surface area contributed by atoms with Gasteiger partial charge in [0.05, 0.1) is 6.61 Å². The number of aliphatic hydroxyl groups excluding tert-OH is 5. The van der Waals surface area contributed by atoms with Crippen LogP contribution in [0.2, 0.25) is 0 Å². The maximum Gasteiger partial charge on any atom is 0.472 e. The average Bonchev–Trinajstić information content (AvgIpc) is 3.33. The molecule has 6 unspecified atom stereocenters. The van der Waals surface area contributed by atoms with E-state index >= 15 is 0 Å². The molecule has 8 atom stereocenters. The van der Waals surface area contributed by atoms with Crippen molar-refractivity contribution in [1.29, 1.82) is 0 Å². The van der Waals surface area contributed by atoms with Gasteiger partial charge in [-0.15, -0.1) is 0 Å². The van der Waals surface area contributed by atoms with Crippen LogP contribution in [0.1, 0.15) is 245 Å². The van der Waals surface area contributed by atoms with Crippen LogP contribution in [0.4, 0.5) is 0 Å². The van der Waals surface area contributed by atoms with Crippen LogP contribution >= 0.6 is 7.82 Å². The normalized spacial score (nSPS) is 21.1. The Bertz CT molecular complexity index is 1340. The molecule has 0 aromatic carbocycles. The Balaban J connectivity index is 2.36. The van der Waals surface area contributed by atoms with Gasteiger partial charge in [0.15, 0.2) is 6.10 Å². The van der Waals surface area contributed by atoms with Gasteiger partial charge >= 0.3 is 19.8 Å². The van der Waals surface area contributed by atoms with Gasteiger partial charge in [0.25, 0.3) is 0 Å². The van der Waals surface area contributed by atoms with Crippen LogP contribution in [-0.4, -0.2) is 98.3 Å². The Kier molecular flexibility index (Phi) is 42.2. The lowest BCUT2D eigenvalue weighted by Gasteiger charge is -2.41. The van der Waals surface area contributed by atoms with Gasteiger partial charge in [-0.2, -0.15) is 0 Å². The average molecular weight is 1000 g/mol. The second-order valence-corrected chi connectivity index (χ2v) is 20.8. The summed E-state index contributed by atoms with van der Waals surface area (Å²) in [6.45, 7) is 3.29. The first-order valence-corrected chi connectivity index (χ1v) is 29.3. The first kappa shape index (κ1) is 65.1. The number of rotatable bonds is 47. The maximum absolute atomic E-state index is 12.9. The van der Waals surface area contributed by atoms with E-state index in [9.17, 15) is 44.6 Å². The van der Waals surface area contributed by atoms with Crippen LogP contribution in [0.15, 0.2) is 36.5 Å². The number of phosphoric acid groups is 1. The summed E-state index contributed by atoms with van der Waals surface area (Å²) >= 11 is 0. The fourth-order valence-electron chi connectivity index (χ4n) is 8.50. The first-order valence-electron chi connectivity index (χ1n) is 27.8. The number of hydrogen-bond donors (Lipinski definition) is 6. The number of unbranched alkanes of at least 4 members (excludes halogenated alkanes) is 29. The third-order valence-electron chi connectivity index (χ3n) is 13.0. The molecule has 0 aromatic heterocycles. The molecule has 1 saturated carbocycles. The molecule has 1 aliphatic carbocycles. The minimum absolute atomic E-state index is 0.0490. The lowest BCUT2D eigenvalue weighted by Crippen LogP contribution is -2.64. The SMILES string of the molecule is CCCCC/C=C/C/C=C/CCCCCCCCCC(=O)OC[C@H](COP(=O)(O)OC1C(O)C(O)C(O)[C@@H](O)C1O)OC(=O)CCC/C=C/CCCCCCCCCCCCCCCCCCCC. The molecule has 0 amide bonds. The van der Waals surface area contributed by atoms with E-state index in [4.69, 9.17) is 18.5 Å². The molecule has 13 nitrogen and oxygen atoms in total. The topological polar surface area (TPSA) is 210 Å². The molecule has 1 rings (SSSR count). The monoisotopic (exact) mass is 1000 g/mol. The van der Waals surface area contributed by atoms with Crippen LogP contribution in [0.5, 0.6) is 0 Å². The van der Waals surface area contributed by atoms with Gasteiger partial charge in [0, 0.05) is 12.8 Å². The zero-order valence-electron chi connectivity index (χ0n) is 43.4. The lowest BCUT2D eigenvalue weighted by atomic mass is 9.85. The van der Waals surface area contributed by atoms with E-state index in [1.165, 1.54) is 141 Å². The Morgan fingerprint density at radius 2 is 0.797 bits per heavy atom. The quantitative estimate of drug-likeness (QED) is 0.0145. The van der Waals surface area contributed by atoms with Crippen molar-refractivity contribution in [3.8, 4) is 0 Å². The zero-order valence-corrected chi connectivity index (χ0v) is 44.3. The van der Waals surface area contributed by atoms with Crippen molar-refractivity contribution >= 4 is 19.8 Å². The summed E-state index contributed by atoms with van der Waals surface area (Å²) in [5.41, 5.74) is 0. The molecule has 69 heavy (non-hydrogen) atoms. The third kappa shape index (κ3) is 36.6. The standard InChI is InChI=1S/C55H101O13P/c1-3-5-7-9-11-13-15-17-19-21-22-23-24-25-26-28-30-32-34-36-38-40-42-44-49(57)67-47(46-66-69(63,64)68-55-53(61)51(59)50(58)52(60)54(55)62)45-65-48(56)43-41-39-37-35-33-31-29-27-20-18-16-14-12-10-8-6-4-2/h12,14,18,20,36,38,47,50-55,58-62H,3-11,13,15-17,19,21-35,37,39-46H2,1-2H3,(H,63,64)/b14-12+,20-18+,38-36+/t47-,50?,51-,52?,53?,54?,55?/m1/s1. The first-order chi connectivity index (χ1) is 33.4. The van der Waals surface area contributed by atoms with Crippen molar-refractivity contribution in [3.63, 3.8) is 0 Å². The Hall–Kier alpha value is -1.93. The highest BCUT2D eigenvalue weighted by atomic mass is 31.2. The molecule has 0 heterocycles. The predicted octanol–water partition coefficient (Wildman–Crippen LogP) is 12.5. The second-order valence-electron chi connectivity index (χ2n) is 19.4. The minimum atomic E-state index is -5.13. The maximum atomic E-state index is 12.9. The van der Waals surface area contributed by atoms with Crippen molar-refractivity contribution in [2.45, 2.75) is 288 Å². The highest BCUT2D eigenvalue weighted by Crippen LogP contribution is 2.47. The molecule has 404 valence electrons. The van der Waals surface area contributed by atoms with E-state index < -0.39 is 75.7 Å². The summed E-state index contributed by atoms with van der Waals surface area (Å²) in [6, 6.07) is 0. The van der Waals surface area contributed by atoms with E-state index in [2.05, 4.69) is 50.3 Å². The number of ether oxygens (including phenoxy) is 2. The molecule has 0 aliphatic heterocycles. The Labute approximate surface area is 418 Å². The van der Waals surface area contributed by atoms with Crippen LogP contribution < -0.4 is 0 Å². The highest BCUT2D eigenvalue weighted by Gasteiger charge is 2.51. The third-order valence-corrected chi connectivity index (χ3v) is 13.9. The molecule has 0 radical (unpaired) electrons. The number of hydrogen-bond acceptors (Lipinski definition) is 12. The zero-order chi connectivity index (χ0) is 50.6. The predicted molar refractivity (Wildman–Crippen MR) is 277 cm³/mol. The molecule has 14 heteroatoms. The van der Waals surface area contributed by atoms with Gasteiger partial charge in [-0.3, -0.25) is 18.6 Å². The number of carbonyl (C=O) groups is 2. The number of esters is 2. The van der Waals surface area contributed by atoms with E-state index in [0.717, 1.165) is 57.8 Å². The molecular formula is C55H101O13P. The van der Waals surface area contributed by atoms with Crippen LogP contribution in [0, 0.1) is 0 Å². The van der Waals surface area contributed by atoms with Crippen LogP contribution in [-0.2, 0) is 32.7 Å². The smallest absolute Gasteiger partial charge is 0.462 e. The number of phosphoric ester groups is 1. The minimum Gasteiger partial charge on any atom is -0.462 e. The summed E-state index contributed by atoms with van der Waals surface area (Å²) in [7, 11) is -5.13. The molecule has 1 aliphatic rings. The molecule has 0 spiro atoms. The summed E-state index contributed by atoms with van der Waals surface area (Å²) in [4.78, 5) is 35.9. The van der Waals surface area contributed by atoms with Gasteiger partial charge in [0.2, 0.25) is 0 Å². The van der Waals surface area contributed by atoms with Crippen molar-refractivity contribution in [2.75, 3.05) is 13.2 Å². The van der Waals surface area contributed by atoms with Gasteiger partial charge in [-0.1, -0.05) is 204 Å². The van der Waals surface area contributed by atoms with Crippen molar-refractivity contribution in [1.82, 2.24) is 0 Å². The van der Waals surface area contributed by atoms with Gasteiger partial charge < -0.3 is 39.9 Å². The summed E-state index contributed by atoms with van der Waals surface area (Å²) in [6.07, 6.45) is 40.6. The van der Waals surface area contributed by atoms with Gasteiger partial charge in [0.1, 0.15) is 43.2 Å². The fraction of sp³-hybridized carbons (Fsp3) is 0.855. The number of carbonyl (C=O) groups excluding carboxylic acids is 2. The van der Waals surface area contributed by atoms with E-state index in [0.29, 0.717) is 19.3 Å². The van der Waals surface area contributed by atoms with E-state index in [1.54, 1.807) is 0 Å². The Morgan fingerprint density at radius 1 is 0.449 bits per heavy atom. The van der Waals surface area contributed by atoms with Gasteiger partial charge in [-0.05, 0) is 64.2 Å². The lowest BCUT2D eigenvalue weighted by molar-refractivity contribution is -0.220. The molecule has 0 saturated heterocycles. The van der Waals surface area contributed by atoms with E-state index in [1.807, 2.05) is 0 Å². The van der Waals surface area contributed by atoms with E-state index in [-0.39, 0.29) is 12.8 Å². The van der Waals surface area contributed by atoms with Crippen LogP contribution in [0.25, 0.3) is 0 Å². The highest BCUT2D eigenvalue weighted by molar-refractivity contribution is 7.47. The number of aliphatic hydroxyl groups is 5. The molecule has 0 bridgehead atoms. The van der Waals surface area contributed by atoms with Gasteiger partial charge in [-0.25, -0.2) is 4.57 Å². The van der Waals surface area contributed by atoms with Crippen molar-refractivity contribution in [3.05, 3.63) is 36.5 Å². The summed E-state index contributed by atoms with van der Waals surface area (Å²) in [5, 5.41) is 50.3. The molecular weight excluding hydrogens is 900 g/mol. The fourth-order valence-corrected chi connectivity index (χ4v) is 9.47. The molecule has 1 fully saturated rings. The summed E-state index contributed by atoms with van der Waals surface area (Å²) in [5.74, 6) is -1.14. The van der Waals surface area contributed by atoms with Crippen LogP contribution in [0.3, 0.4) is 0 Å².